The number of nitrogens with zero attached hydrogens (tertiary/aromatic N) is 2. The summed E-state index contributed by atoms with van der Waals surface area (Å²) < 4.78 is 55.9. The molecule has 1 aromatic heterocycles. The van der Waals surface area contributed by atoms with Crippen LogP contribution in [-0.2, 0) is 31.6 Å². The molecule has 0 radical (unpaired) electrons. The Labute approximate surface area is 222 Å². The number of anilines is 1. The number of aromatic nitrogens is 2. The topological polar surface area (TPSA) is 236 Å². The molecule has 2 aliphatic rings. The van der Waals surface area contributed by atoms with Crippen LogP contribution in [0.2, 0.25) is 0 Å². The quantitative estimate of drug-likeness (QED) is 0.173. The molecule has 1 saturated heterocycles. The van der Waals surface area contributed by atoms with Crippen molar-refractivity contribution < 1.29 is 56.5 Å². The normalized spacial score (nSPS) is 29.3. The summed E-state index contributed by atoms with van der Waals surface area (Å²) in [4.78, 5) is 45.7. The fourth-order valence-electron chi connectivity index (χ4n) is 3.90. The Balaban J connectivity index is 1.57. The Bertz CT molecular complexity index is 1150. The van der Waals surface area contributed by atoms with Gasteiger partial charge < -0.3 is 34.9 Å². The molecule has 0 bridgehead atoms. The van der Waals surface area contributed by atoms with Gasteiger partial charge in [0.25, 0.3) is 0 Å². The predicted octanol–water partition coefficient (Wildman–Crippen LogP) is 2.10. The second-order valence-electron chi connectivity index (χ2n) is 8.71. The van der Waals surface area contributed by atoms with Crippen molar-refractivity contribution in [3.05, 3.63) is 22.7 Å². The van der Waals surface area contributed by atoms with Gasteiger partial charge in [-0.1, -0.05) is 26.2 Å². The Morgan fingerprint density at radius 2 is 1.79 bits per heavy atom. The second kappa shape index (κ2) is 13.3. The van der Waals surface area contributed by atoms with Crippen LogP contribution < -0.4 is 11.0 Å². The van der Waals surface area contributed by atoms with Crippen molar-refractivity contribution in [3.8, 4) is 0 Å². The highest BCUT2D eigenvalue weighted by molar-refractivity contribution is 8.55. The molecule has 16 nitrogen and oxygen atoms in total. The van der Waals surface area contributed by atoms with Gasteiger partial charge in [0.1, 0.15) is 24.1 Å². The van der Waals surface area contributed by atoms with Gasteiger partial charge >= 0.3 is 28.1 Å². The van der Waals surface area contributed by atoms with Gasteiger partial charge in [0, 0.05) is 18.0 Å². The average Bonchev–Trinajstić information content (AvgIpc) is 3.09. The molecule has 6 N–H and O–H groups in total. The van der Waals surface area contributed by atoms with Gasteiger partial charge in [0.05, 0.1) is 6.61 Å². The largest absolute Gasteiger partial charge is 0.488 e. The Kier molecular flexibility index (Phi) is 11.2. The third-order valence-corrected chi connectivity index (χ3v) is 12.8. The van der Waals surface area contributed by atoms with Crippen LogP contribution in [0, 0.1) is 0 Å². The highest BCUT2D eigenvalue weighted by Gasteiger charge is 2.47. The molecule has 20 heteroatoms. The highest BCUT2D eigenvalue weighted by atomic mass is 32.7. The molecule has 1 aliphatic heterocycles. The summed E-state index contributed by atoms with van der Waals surface area (Å²) in [6.07, 6.45) is -0.390. The zero-order valence-corrected chi connectivity index (χ0v) is 23.8. The Hall–Kier alpha value is -0.640. The van der Waals surface area contributed by atoms with Crippen molar-refractivity contribution in [1.82, 2.24) is 9.55 Å². The smallest absolute Gasteiger partial charge is 0.387 e. The molecule has 218 valence electrons. The first-order valence-electron chi connectivity index (χ1n) is 11.8. The lowest BCUT2D eigenvalue weighted by molar-refractivity contribution is -0.0541. The van der Waals surface area contributed by atoms with Gasteiger partial charge in [-0.25, -0.2) is 18.5 Å². The lowest BCUT2D eigenvalue weighted by atomic mass is 10.0. The minimum atomic E-state index is -5.56. The monoisotopic (exact) mass is 623 g/mol. The first-order chi connectivity index (χ1) is 17.7. The van der Waals surface area contributed by atoms with Crippen LogP contribution >= 0.6 is 33.8 Å². The molecule has 3 rings (SSSR count). The molecule has 2 fully saturated rings. The summed E-state index contributed by atoms with van der Waals surface area (Å²) in [5, 5.41) is 23.2. The molecule has 7 atom stereocenters. The molecule has 1 saturated carbocycles. The van der Waals surface area contributed by atoms with Crippen LogP contribution in [0.1, 0.15) is 51.7 Å². The minimum absolute atomic E-state index is 0.288. The number of hydrogen-bond donors (Lipinski definition) is 6. The van der Waals surface area contributed by atoms with Crippen molar-refractivity contribution >= 4 is 39.6 Å². The van der Waals surface area contributed by atoms with E-state index in [9.17, 15) is 43.4 Å². The molecule has 0 aromatic carbocycles. The summed E-state index contributed by atoms with van der Waals surface area (Å²) in [6.45, 7) is -3.18. The molecule has 0 spiro atoms. The van der Waals surface area contributed by atoms with E-state index in [0.29, 0.717) is 36.6 Å². The summed E-state index contributed by atoms with van der Waals surface area (Å²) in [5.74, 6) is 0.291. The van der Waals surface area contributed by atoms with E-state index in [2.05, 4.69) is 23.4 Å². The van der Waals surface area contributed by atoms with E-state index in [0.717, 1.165) is 30.3 Å². The van der Waals surface area contributed by atoms with Gasteiger partial charge in [-0.2, -0.15) is 13.6 Å². The van der Waals surface area contributed by atoms with E-state index >= 15 is 0 Å². The number of hydrogen-bond acceptors (Lipinski definition) is 13. The second-order valence-corrected chi connectivity index (χ2v) is 16.0. The van der Waals surface area contributed by atoms with Crippen LogP contribution in [0.25, 0.3) is 0 Å². The van der Waals surface area contributed by atoms with Crippen LogP contribution in [0.4, 0.5) is 5.82 Å². The van der Waals surface area contributed by atoms with Crippen LogP contribution in [0.5, 0.6) is 0 Å². The first kappa shape index (κ1) is 31.9. The molecule has 38 heavy (non-hydrogen) atoms. The summed E-state index contributed by atoms with van der Waals surface area (Å²) >= 11 is 0.461. The van der Waals surface area contributed by atoms with Crippen molar-refractivity contribution in [2.24, 2.45) is 0 Å². The maximum absolute atomic E-state index is 12.3. The fraction of sp³-hybridized carbons (Fsp3) is 0.778. The lowest BCUT2D eigenvalue weighted by Crippen LogP contribution is -2.36. The first-order valence-corrected chi connectivity index (χ1v) is 17.9. The zero-order chi connectivity index (χ0) is 28.1. The lowest BCUT2D eigenvalue weighted by Gasteiger charge is -2.24. The van der Waals surface area contributed by atoms with Crippen molar-refractivity contribution in [1.29, 1.82) is 0 Å². The number of ether oxygens (including phenoxy) is 1. The number of phosphoric ester groups is 1. The van der Waals surface area contributed by atoms with Gasteiger partial charge in [-0.05, 0) is 36.7 Å². The standard InChI is InChI=1S/C18H32N3O13P3S/c1-2-9-19-14-8-10-21(18(24)20-14)17-16(23)15(22)13(32-17)11-31-35(25,26)33-36(27,28)34-37(29,30)38-12-6-4-3-5-7-12/h8,10,12-13,15-17,22-23H,2-7,9,11H2,1H3,(H,25,26)(H,27,28)(H,29,30)(H,19,20,24)/t13-,15+,16?,17-/m1/s1. The predicted molar refractivity (Wildman–Crippen MR) is 135 cm³/mol. The number of phosphoric acid groups is 2. The maximum atomic E-state index is 12.3. The summed E-state index contributed by atoms with van der Waals surface area (Å²) in [7, 11) is -11.0. The molecule has 1 aliphatic carbocycles. The highest BCUT2D eigenvalue weighted by Crippen LogP contribution is 2.72. The van der Waals surface area contributed by atoms with Crippen molar-refractivity contribution in [2.75, 3.05) is 18.5 Å². The number of rotatable bonds is 13. The Morgan fingerprint density at radius 3 is 2.42 bits per heavy atom. The summed E-state index contributed by atoms with van der Waals surface area (Å²) in [6, 6.07) is 1.45. The SMILES string of the molecule is CCCNc1ccn([C@@H]2O[C@H](COP(=O)(O)OP(=O)(O)OP(=O)(O)SC3CCCCC3)[C@H](O)C2O)c(=O)n1. The molecular weight excluding hydrogens is 591 g/mol. The van der Waals surface area contributed by atoms with Crippen LogP contribution in [0.3, 0.4) is 0 Å². The average molecular weight is 623 g/mol. The number of aliphatic hydroxyl groups is 2. The summed E-state index contributed by atoms with van der Waals surface area (Å²) in [5.41, 5.74) is -0.807. The third-order valence-electron chi connectivity index (χ3n) is 5.65. The number of aliphatic hydroxyl groups excluding tert-OH is 2. The number of nitrogens with one attached hydrogen (secondary N) is 1. The van der Waals surface area contributed by atoms with Gasteiger partial charge in [-0.15, -0.1) is 0 Å². The van der Waals surface area contributed by atoms with E-state index in [1.54, 1.807) is 0 Å². The third kappa shape index (κ3) is 9.20. The van der Waals surface area contributed by atoms with Crippen molar-refractivity contribution in [3.63, 3.8) is 0 Å². The minimum Gasteiger partial charge on any atom is -0.387 e. The fourth-order valence-corrected chi connectivity index (χ4v) is 10.8. The van der Waals surface area contributed by atoms with E-state index in [-0.39, 0.29) is 5.25 Å². The molecule has 1 aromatic rings. The molecular formula is C18H32N3O13P3S. The zero-order valence-electron chi connectivity index (χ0n) is 20.3. The molecule has 0 amide bonds. The van der Waals surface area contributed by atoms with Crippen LogP contribution in [0.15, 0.2) is 17.1 Å². The molecule has 2 heterocycles. The molecule has 4 unspecified atom stereocenters. The van der Waals surface area contributed by atoms with Gasteiger partial charge in [-0.3, -0.25) is 9.09 Å². The Morgan fingerprint density at radius 1 is 1.11 bits per heavy atom. The van der Waals surface area contributed by atoms with Gasteiger partial charge in [0.2, 0.25) is 0 Å². The van der Waals surface area contributed by atoms with Crippen LogP contribution in [-0.4, -0.2) is 71.2 Å². The van der Waals surface area contributed by atoms with Crippen molar-refractivity contribution in [2.45, 2.75) is 75.2 Å². The van der Waals surface area contributed by atoms with Gasteiger partial charge in [0.15, 0.2) is 6.23 Å². The van der Waals surface area contributed by atoms with E-state index in [1.165, 1.54) is 12.3 Å². The van der Waals surface area contributed by atoms with E-state index in [1.807, 2.05) is 6.92 Å². The maximum Gasteiger partial charge on any atom is 0.488 e. The van der Waals surface area contributed by atoms with E-state index < -0.39 is 59.3 Å². The van der Waals surface area contributed by atoms with E-state index in [4.69, 9.17) is 4.74 Å².